The quantitative estimate of drug-likeness (QED) is 0.858. The van der Waals surface area contributed by atoms with Crippen LogP contribution in [0.1, 0.15) is 64.1 Å². The minimum absolute atomic E-state index is 0.205. The Labute approximate surface area is 115 Å². The monoisotopic (exact) mass is 267 g/mol. The molecular formula is C14H25N3O2. The van der Waals surface area contributed by atoms with Gasteiger partial charge in [-0.3, -0.25) is 0 Å². The number of nitrogens with zero attached hydrogens (tertiary/aromatic N) is 2. The van der Waals surface area contributed by atoms with Crippen molar-refractivity contribution in [2.75, 3.05) is 13.7 Å². The molecule has 0 saturated heterocycles. The molecular weight excluding hydrogens is 242 g/mol. The van der Waals surface area contributed by atoms with Crippen molar-refractivity contribution in [2.24, 2.45) is 0 Å². The Hall–Kier alpha value is -0.940. The highest BCUT2D eigenvalue weighted by Gasteiger charge is 2.40. The molecule has 1 fully saturated rings. The first-order valence-corrected chi connectivity index (χ1v) is 7.25. The molecule has 108 valence electrons. The third kappa shape index (κ3) is 2.82. The zero-order chi connectivity index (χ0) is 13.9. The Kier molecular flexibility index (Phi) is 4.58. The maximum atomic E-state index is 5.69. The Balaban J connectivity index is 2.14. The summed E-state index contributed by atoms with van der Waals surface area (Å²) in [5, 5.41) is 7.55. The average Bonchev–Trinajstić information content (AvgIpc) is 3.07. The van der Waals surface area contributed by atoms with Crippen molar-refractivity contribution in [1.82, 2.24) is 15.5 Å². The topological polar surface area (TPSA) is 60.2 Å². The van der Waals surface area contributed by atoms with E-state index in [1.54, 1.807) is 7.11 Å². The number of rotatable bonds is 6. The van der Waals surface area contributed by atoms with E-state index in [0.717, 1.165) is 25.2 Å². The number of hydrogen-bond acceptors (Lipinski definition) is 5. The molecule has 1 saturated carbocycles. The highest BCUT2D eigenvalue weighted by atomic mass is 16.5. The van der Waals surface area contributed by atoms with E-state index in [4.69, 9.17) is 9.26 Å². The molecule has 1 N–H and O–H groups in total. The van der Waals surface area contributed by atoms with Crippen LogP contribution < -0.4 is 5.32 Å². The largest absolute Gasteiger partial charge is 0.370 e. The van der Waals surface area contributed by atoms with Crippen LogP contribution >= 0.6 is 0 Å². The van der Waals surface area contributed by atoms with Crippen LogP contribution in [-0.4, -0.2) is 29.8 Å². The predicted octanol–water partition coefficient (Wildman–Crippen LogP) is 2.59. The average molecular weight is 267 g/mol. The molecule has 1 aliphatic carbocycles. The van der Waals surface area contributed by atoms with Crippen LogP contribution in [0.3, 0.4) is 0 Å². The van der Waals surface area contributed by atoms with Crippen molar-refractivity contribution in [3.63, 3.8) is 0 Å². The predicted molar refractivity (Wildman–Crippen MR) is 73.0 cm³/mol. The fourth-order valence-corrected chi connectivity index (χ4v) is 2.78. The van der Waals surface area contributed by atoms with Crippen molar-refractivity contribution in [3.8, 4) is 0 Å². The van der Waals surface area contributed by atoms with Crippen molar-refractivity contribution in [2.45, 2.75) is 64.0 Å². The van der Waals surface area contributed by atoms with Crippen LogP contribution in [-0.2, 0) is 10.3 Å². The molecule has 5 nitrogen and oxygen atoms in total. The fraction of sp³-hybridized carbons (Fsp3) is 0.857. The van der Waals surface area contributed by atoms with Crippen molar-refractivity contribution in [3.05, 3.63) is 11.7 Å². The standard InChI is InChI=1S/C14H25N3O2/c1-5-15-11(3)10(2)12-16-13(17-19-12)14(18-4)8-6-7-9-14/h10-11,15H,5-9H2,1-4H3. The lowest BCUT2D eigenvalue weighted by molar-refractivity contribution is -0.0178. The Morgan fingerprint density at radius 3 is 2.63 bits per heavy atom. The summed E-state index contributed by atoms with van der Waals surface area (Å²) in [6.07, 6.45) is 4.31. The molecule has 19 heavy (non-hydrogen) atoms. The molecule has 0 radical (unpaired) electrons. The van der Waals surface area contributed by atoms with E-state index in [-0.39, 0.29) is 11.5 Å². The molecule has 1 heterocycles. The van der Waals surface area contributed by atoms with E-state index in [1.165, 1.54) is 12.8 Å². The molecule has 1 aliphatic rings. The third-order valence-corrected chi connectivity index (χ3v) is 4.32. The normalized spacial score (nSPS) is 21.5. The second-order valence-electron chi connectivity index (χ2n) is 5.50. The van der Waals surface area contributed by atoms with Gasteiger partial charge in [0.25, 0.3) is 0 Å². The first-order chi connectivity index (χ1) is 9.13. The van der Waals surface area contributed by atoms with E-state index >= 15 is 0 Å². The first kappa shape index (κ1) is 14.5. The van der Waals surface area contributed by atoms with Crippen LogP contribution in [0, 0.1) is 0 Å². The van der Waals surface area contributed by atoms with E-state index in [0.29, 0.717) is 11.9 Å². The van der Waals surface area contributed by atoms with Gasteiger partial charge in [-0.15, -0.1) is 0 Å². The summed E-state index contributed by atoms with van der Waals surface area (Å²) in [6, 6.07) is 0.320. The molecule has 0 spiro atoms. The van der Waals surface area contributed by atoms with Gasteiger partial charge < -0.3 is 14.6 Å². The second kappa shape index (κ2) is 6.01. The maximum absolute atomic E-state index is 5.69. The van der Waals surface area contributed by atoms with Gasteiger partial charge in [0.1, 0.15) is 5.60 Å². The molecule has 0 bridgehead atoms. The summed E-state index contributed by atoms with van der Waals surface area (Å²) < 4.78 is 11.1. The maximum Gasteiger partial charge on any atom is 0.231 e. The van der Waals surface area contributed by atoms with E-state index in [1.807, 2.05) is 0 Å². The summed E-state index contributed by atoms with van der Waals surface area (Å²) in [4.78, 5) is 4.60. The lowest BCUT2D eigenvalue weighted by Crippen LogP contribution is -2.31. The number of ether oxygens (including phenoxy) is 1. The van der Waals surface area contributed by atoms with Gasteiger partial charge >= 0.3 is 0 Å². The van der Waals surface area contributed by atoms with Gasteiger partial charge in [-0.1, -0.05) is 19.0 Å². The Morgan fingerprint density at radius 1 is 1.37 bits per heavy atom. The van der Waals surface area contributed by atoms with Crippen LogP contribution in [0.2, 0.25) is 0 Å². The number of methoxy groups -OCH3 is 1. The fourth-order valence-electron chi connectivity index (χ4n) is 2.78. The zero-order valence-electron chi connectivity index (χ0n) is 12.4. The highest BCUT2D eigenvalue weighted by Crippen LogP contribution is 2.40. The highest BCUT2D eigenvalue weighted by molar-refractivity contribution is 5.06. The number of hydrogen-bond donors (Lipinski definition) is 1. The number of nitrogens with one attached hydrogen (secondary N) is 1. The van der Waals surface area contributed by atoms with Crippen LogP contribution in [0.4, 0.5) is 0 Å². The van der Waals surface area contributed by atoms with Gasteiger partial charge in [-0.25, -0.2) is 0 Å². The van der Waals surface area contributed by atoms with Gasteiger partial charge in [0.15, 0.2) is 0 Å². The lowest BCUT2D eigenvalue weighted by Gasteiger charge is -2.23. The zero-order valence-corrected chi connectivity index (χ0v) is 12.4. The summed E-state index contributed by atoms with van der Waals surface area (Å²) in [5.74, 6) is 1.63. The smallest absolute Gasteiger partial charge is 0.231 e. The van der Waals surface area contributed by atoms with E-state index < -0.39 is 0 Å². The van der Waals surface area contributed by atoms with Gasteiger partial charge in [-0.05, 0) is 39.2 Å². The van der Waals surface area contributed by atoms with Crippen molar-refractivity contribution >= 4 is 0 Å². The van der Waals surface area contributed by atoms with Gasteiger partial charge in [0.2, 0.25) is 11.7 Å². The molecule has 0 aliphatic heterocycles. The molecule has 1 aromatic rings. The molecule has 2 rings (SSSR count). The van der Waals surface area contributed by atoms with Gasteiger partial charge in [0, 0.05) is 13.2 Å². The van der Waals surface area contributed by atoms with Crippen LogP contribution in [0.15, 0.2) is 4.52 Å². The SMILES string of the molecule is CCNC(C)C(C)c1nc(C2(OC)CCCC2)no1. The number of aromatic nitrogens is 2. The van der Waals surface area contributed by atoms with Crippen molar-refractivity contribution in [1.29, 1.82) is 0 Å². The Morgan fingerprint density at radius 2 is 2.05 bits per heavy atom. The molecule has 5 heteroatoms. The molecule has 2 unspecified atom stereocenters. The second-order valence-corrected chi connectivity index (χ2v) is 5.50. The van der Waals surface area contributed by atoms with Crippen LogP contribution in [0.25, 0.3) is 0 Å². The summed E-state index contributed by atoms with van der Waals surface area (Å²) in [6.45, 7) is 7.29. The molecule has 0 aromatic carbocycles. The molecule has 2 atom stereocenters. The van der Waals surface area contributed by atoms with Gasteiger partial charge in [0.05, 0.1) is 5.92 Å². The minimum atomic E-state index is -0.317. The van der Waals surface area contributed by atoms with E-state index in [2.05, 4.69) is 36.2 Å². The van der Waals surface area contributed by atoms with E-state index in [9.17, 15) is 0 Å². The van der Waals surface area contributed by atoms with Crippen molar-refractivity contribution < 1.29 is 9.26 Å². The van der Waals surface area contributed by atoms with Gasteiger partial charge in [-0.2, -0.15) is 4.98 Å². The lowest BCUT2D eigenvalue weighted by atomic mass is 10.0. The summed E-state index contributed by atoms with van der Waals surface area (Å²) in [5.41, 5.74) is -0.317. The van der Waals surface area contributed by atoms with Crippen LogP contribution in [0.5, 0.6) is 0 Å². The summed E-state index contributed by atoms with van der Waals surface area (Å²) in [7, 11) is 1.74. The number of likely N-dealkylation sites (N-methyl/N-ethyl adjacent to an activating group) is 1. The molecule has 0 amide bonds. The minimum Gasteiger partial charge on any atom is -0.370 e. The summed E-state index contributed by atoms with van der Waals surface area (Å²) >= 11 is 0. The first-order valence-electron chi connectivity index (χ1n) is 7.25. The molecule has 1 aromatic heterocycles. The Bertz CT molecular complexity index is 399. The third-order valence-electron chi connectivity index (χ3n) is 4.32.